The molecule has 0 aliphatic heterocycles. The molecule has 5 heteroatoms. The third-order valence-electron chi connectivity index (χ3n) is 2.69. The highest BCUT2D eigenvalue weighted by Gasteiger charge is 2.03. The number of nitrogens with one attached hydrogen (secondary N) is 2. The molecular formula is C13H17N3O2. The van der Waals surface area contributed by atoms with Crippen molar-refractivity contribution < 1.29 is 9.53 Å². The lowest BCUT2D eigenvalue weighted by atomic mass is 10.2. The van der Waals surface area contributed by atoms with Gasteiger partial charge in [0.2, 0.25) is 5.91 Å². The first-order valence-electron chi connectivity index (χ1n) is 5.90. The second kappa shape index (κ2) is 5.64. The normalized spacial score (nSPS) is 10.8. The molecule has 0 atom stereocenters. The Labute approximate surface area is 106 Å². The lowest BCUT2D eigenvalue weighted by molar-refractivity contribution is -0.122. The molecule has 0 aliphatic rings. The van der Waals surface area contributed by atoms with Gasteiger partial charge in [0.1, 0.15) is 5.82 Å². The molecule has 0 fully saturated rings. The molecule has 0 saturated heterocycles. The Bertz CT molecular complexity index is 548. The molecule has 1 amide bonds. The number of carbonyl (C=O) groups excluding carboxylic acids is 1. The topological polar surface area (TPSA) is 67.0 Å². The molecule has 0 spiro atoms. The number of carbonyl (C=O) groups is 1. The maximum absolute atomic E-state index is 11.4. The summed E-state index contributed by atoms with van der Waals surface area (Å²) in [6, 6.07) is 5.93. The van der Waals surface area contributed by atoms with Gasteiger partial charge in [-0.1, -0.05) is 6.07 Å². The Morgan fingerprint density at radius 3 is 3.11 bits per heavy atom. The number of aryl methyl sites for hydroxylation is 1. The standard InChI is InChI=1S/C13H17N3O2/c1-9-15-11-4-3-10(7-12(11)16-9)8-14-13(17)5-6-18-2/h3-4,7H,5-6,8H2,1-2H3,(H,14,17)(H,15,16). The lowest BCUT2D eigenvalue weighted by Gasteiger charge is -2.04. The van der Waals surface area contributed by atoms with E-state index in [4.69, 9.17) is 4.74 Å². The molecule has 5 nitrogen and oxygen atoms in total. The molecule has 0 unspecified atom stereocenters. The number of imidazole rings is 1. The number of aromatic nitrogens is 2. The minimum absolute atomic E-state index is 0.00209. The van der Waals surface area contributed by atoms with Gasteiger partial charge in [0, 0.05) is 20.1 Å². The number of aromatic amines is 1. The van der Waals surface area contributed by atoms with Crippen LogP contribution in [-0.2, 0) is 16.1 Å². The molecule has 2 rings (SSSR count). The van der Waals surface area contributed by atoms with Crippen molar-refractivity contribution in [2.24, 2.45) is 0 Å². The second-order valence-electron chi connectivity index (χ2n) is 4.19. The number of methoxy groups -OCH3 is 1. The van der Waals surface area contributed by atoms with Crippen LogP contribution in [0.1, 0.15) is 17.8 Å². The Balaban J connectivity index is 1.97. The summed E-state index contributed by atoms with van der Waals surface area (Å²) in [6.07, 6.45) is 0.391. The van der Waals surface area contributed by atoms with Crippen LogP contribution in [-0.4, -0.2) is 29.6 Å². The third kappa shape index (κ3) is 3.07. The van der Waals surface area contributed by atoms with Crippen LogP contribution in [0.25, 0.3) is 11.0 Å². The highest BCUT2D eigenvalue weighted by molar-refractivity contribution is 5.77. The molecule has 2 N–H and O–H groups in total. The maximum Gasteiger partial charge on any atom is 0.222 e. The van der Waals surface area contributed by atoms with E-state index in [9.17, 15) is 4.79 Å². The minimum Gasteiger partial charge on any atom is -0.384 e. The number of ether oxygens (including phenoxy) is 1. The zero-order valence-corrected chi connectivity index (χ0v) is 10.6. The minimum atomic E-state index is -0.00209. The van der Waals surface area contributed by atoms with Crippen molar-refractivity contribution in [1.29, 1.82) is 0 Å². The molecule has 0 bridgehead atoms. The van der Waals surface area contributed by atoms with Crippen molar-refractivity contribution in [3.63, 3.8) is 0 Å². The quantitative estimate of drug-likeness (QED) is 0.842. The summed E-state index contributed by atoms with van der Waals surface area (Å²) in [6.45, 7) is 2.90. The molecule has 18 heavy (non-hydrogen) atoms. The van der Waals surface area contributed by atoms with Crippen molar-refractivity contribution >= 4 is 16.9 Å². The Morgan fingerprint density at radius 2 is 2.33 bits per heavy atom. The fraction of sp³-hybridized carbons (Fsp3) is 0.385. The van der Waals surface area contributed by atoms with Crippen molar-refractivity contribution in [2.75, 3.05) is 13.7 Å². The predicted octanol–water partition coefficient (Wildman–Crippen LogP) is 1.52. The van der Waals surface area contributed by atoms with Gasteiger partial charge in [0.25, 0.3) is 0 Å². The summed E-state index contributed by atoms with van der Waals surface area (Å²) in [4.78, 5) is 18.9. The van der Waals surface area contributed by atoms with E-state index >= 15 is 0 Å². The van der Waals surface area contributed by atoms with Crippen LogP contribution in [0.3, 0.4) is 0 Å². The van der Waals surface area contributed by atoms with E-state index < -0.39 is 0 Å². The maximum atomic E-state index is 11.4. The summed E-state index contributed by atoms with van der Waals surface area (Å²) in [7, 11) is 1.59. The molecule has 0 aliphatic carbocycles. The highest BCUT2D eigenvalue weighted by Crippen LogP contribution is 2.13. The summed E-state index contributed by atoms with van der Waals surface area (Å²) in [5.74, 6) is 0.893. The molecule has 1 aromatic carbocycles. The molecular weight excluding hydrogens is 230 g/mol. The van der Waals surface area contributed by atoms with Gasteiger partial charge in [0.05, 0.1) is 17.6 Å². The Hall–Kier alpha value is -1.88. The SMILES string of the molecule is COCCC(=O)NCc1ccc2nc(C)[nH]c2c1. The van der Waals surface area contributed by atoms with Gasteiger partial charge >= 0.3 is 0 Å². The average Bonchev–Trinajstić information content (AvgIpc) is 2.73. The van der Waals surface area contributed by atoms with Gasteiger partial charge < -0.3 is 15.0 Å². The van der Waals surface area contributed by atoms with E-state index in [1.54, 1.807) is 7.11 Å². The van der Waals surface area contributed by atoms with Crippen molar-refractivity contribution in [3.05, 3.63) is 29.6 Å². The van der Waals surface area contributed by atoms with E-state index in [2.05, 4.69) is 15.3 Å². The second-order valence-corrected chi connectivity index (χ2v) is 4.19. The lowest BCUT2D eigenvalue weighted by Crippen LogP contribution is -2.23. The fourth-order valence-electron chi connectivity index (χ4n) is 1.78. The number of fused-ring (bicyclic) bond motifs is 1. The molecule has 0 radical (unpaired) electrons. The van der Waals surface area contributed by atoms with Gasteiger partial charge in [-0.25, -0.2) is 4.98 Å². The number of nitrogens with zero attached hydrogens (tertiary/aromatic N) is 1. The summed E-state index contributed by atoms with van der Waals surface area (Å²) < 4.78 is 4.85. The van der Waals surface area contributed by atoms with Crippen LogP contribution in [0.5, 0.6) is 0 Å². The largest absolute Gasteiger partial charge is 0.384 e. The number of rotatable bonds is 5. The summed E-state index contributed by atoms with van der Waals surface area (Å²) in [5.41, 5.74) is 3.00. The van der Waals surface area contributed by atoms with E-state index in [-0.39, 0.29) is 5.91 Å². The number of hydrogen-bond donors (Lipinski definition) is 2. The Morgan fingerprint density at radius 1 is 1.50 bits per heavy atom. The molecule has 96 valence electrons. The summed E-state index contributed by atoms with van der Waals surface area (Å²) in [5, 5.41) is 2.85. The van der Waals surface area contributed by atoms with E-state index in [0.717, 1.165) is 22.4 Å². The fourth-order valence-corrected chi connectivity index (χ4v) is 1.78. The van der Waals surface area contributed by atoms with E-state index in [1.807, 2.05) is 25.1 Å². The van der Waals surface area contributed by atoms with Gasteiger partial charge in [-0.15, -0.1) is 0 Å². The van der Waals surface area contributed by atoms with Crippen LogP contribution in [0.4, 0.5) is 0 Å². The number of hydrogen-bond acceptors (Lipinski definition) is 3. The van der Waals surface area contributed by atoms with Gasteiger partial charge in [-0.3, -0.25) is 4.79 Å². The molecule has 1 heterocycles. The smallest absolute Gasteiger partial charge is 0.222 e. The Kier molecular flexibility index (Phi) is 3.94. The molecule has 0 saturated carbocycles. The highest BCUT2D eigenvalue weighted by atomic mass is 16.5. The number of benzene rings is 1. The summed E-state index contributed by atoms with van der Waals surface area (Å²) >= 11 is 0. The predicted molar refractivity (Wildman–Crippen MR) is 69.2 cm³/mol. The van der Waals surface area contributed by atoms with Crippen LogP contribution in [0.2, 0.25) is 0 Å². The van der Waals surface area contributed by atoms with Crippen molar-refractivity contribution in [2.45, 2.75) is 19.9 Å². The van der Waals surface area contributed by atoms with Gasteiger partial charge in [-0.05, 0) is 24.6 Å². The first-order chi connectivity index (χ1) is 8.69. The zero-order valence-electron chi connectivity index (χ0n) is 10.6. The van der Waals surface area contributed by atoms with Gasteiger partial charge in [-0.2, -0.15) is 0 Å². The van der Waals surface area contributed by atoms with E-state index in [0.29, 0.717) is 19.6 Å². The van der Waals surface area contributed by atoms with Crippen molar-refractivity contribution in [1.82, 2.24) is 15.3 Å². The van der Waals surface area contributed by atoms with E-state index in [1.165, 1.54) is 0 Å². The number of H-pyrrole nitrogens is 1. The van der Waals surface area contributed by atoms with Crippen LogP contribution >= 0.6 is 0 Å². The first kappa shape index (κ1) is 12.6. The van der Waals surface area contributed by atoms with Crippen LogP contribution < -0.4 is 5.32 Å². The average molecular weight is 247 g/mol. The zero-order chi connectivity index (χ0) is 13.0. The van der Waals surface area contributed by atoms with Crippen molar-refractivity contribution in [3.8, 4) is 0 Å². The van der Waals surface area contributed by atoms with Crippen LogP contribution in [0.15, 0.2) is 18.2 Å². The third-order valence-corrected chi connectivity index (χ3v) is 2.69. The molecule has 1 aromatic heterocycles. The van der Waals surface area contributed by atoms with Gasteiger partial charge in [0.15, 0.2) is 0 Å². The molecule has 2 aromatic rings. The van der Waals surface area contributed by atoms with Crippen LogP contribution in [0, 0.1) is 6.92 Å². The first-order valence-corrected chi connectivity index (χ1v) is 5.90. The monoisotopic (exact) mass is 247 g/mol. The number of amides is 1.